The molecule has 0 aromatic heterocycles. The lowest BCUT2D eigenvalue weighted by Crippen LogP contribution is -2.09. The van der Waals surface area contributed by atoms with E-state index in [1.54, 1.807) is 0 Å². The van der Waals surface area contributed by atoms with E-state index in [1.807, 2.05) is 5.32 Å². The summed E-state index contributed by atoms with van der Waals surface area (Å²) in [5.74, 6) is 0. The first kappa shape index (κ1) is 9.57. The van der Waals surface area contributed by atoms with Gasteiger partial charge in [-0.15, -0.1) is 0 Å². The normalized spacial score (nSPS) is 11.0. The second-order valence-corrected chi connectivity index (χ2v) is 2.22. The predicted molar refractivity (Wildman–Crippen MR) is 40.0 cm³/mol. The summed E-state index contributed by atoms with van der Waals surface area (Å²) >= 11 is 0. The van der Waals surface area contributed by atoms with Crippen LogP contribution in [0.3, 0.4) is 0 Å². The van der Waals surface area contributed by atoms with Crippen molar-refractivity contribution in [1.82, 2.24) is 0 Å². The Labute approximate surface area is 72.4 Å². The van der Waals surface area contributed by atoms with E-state index in [0.29, 0.717) is 0 Å². The van der Waals surface area contributed by atoms with E-state index in [9.17, 15) is 18.0 Å². The van der Waals surface area contributed by atoms with Gasteiger partial charge >= 0.3 is 6.18 Å². The Balaban J connectivity index is 3.11. The summed E-state index contributed by atoms with van der Waals surface area (Å²) < 4.78 is 36.6. The lowest BCUT2D eigenvalue weighted by molar-refractivity contribution is -0.136. The second kappa shape index (κ2) is 3.47. The lowest BCUT2D eigenvalue weighted by Gasteiger charge is -2.10. The molecule has 0 atom stereocenters. The molecule has 1 aromatic rings. The largest absolute Gasteiger partial charge is 0.418 e. The summed E-state index contributed by atoms with van der Waals surface area (Å²) in [7, 11) is 0. The fourth-order valence-corrected chi connectivity index (χ4v) is 0.851. The van der Waals surface area contributed by atoms with Gasteiger partial charge in [-0.3, -0.25) is 4.79 Å². The van der Waals surface area contributed by atoms with Crippen molar-refractivity contribution in [2.45, 2.75) is 6.18 Å². The van der Waals surface area contributed by atoms with Crippen LogP contribution in [0.25, 0.3) is 0 Å². The molecule has 1 N–H and O–H groups in total. The minimum Gasteiger partial charge on any atom is -0.328 e. The highest BCUT2D eigenvalue weighted by atomic mass is 19.4. The maximum atomic E-state index is 12.2. The van der Waals surface area contributed by atoms with E-state index in [-0.39, 0.29) is 12.1 Å². The number of amides is 1. The maximum Gasteiger partial charge on any atom is 0.418 e. The van der Waals surface area contributed by atoms with Gasteiger partial charge in [-0.05, 0) is 6.07 Å². The van der Waals surface area contributed by atoms with Crippen molar-refractivity contribution >= 4 is 12.1 Å². The number of carbonyl (C=O) groups excluding carboxylic acids is 1. The van der Waals surface area contributed by atoms with Gasteiger partial charge < -0.3 is 5.32 Å². The smallest absolute Gasteiger partial charge is 0.328 e. The van der Waals surface area contributed by atoms with E-state index in [2.05, 4.69) is 6.07 Å². The standard InChI is InChI=1S/C8H5F3NO/c9-8(10,11)6-3-1-2-4-7(6)12-5-13/h1-3,5H,(H,12,13). The van der Waals surface area contributed by atoms with E-state index in [0.717, 1.165) is 6.07 Å². The van der Waals surface area contributed by atoms with E-state index in [4.69, 9.17) is 0 Å². The van der Waals surface area contributed by atoms with Gasteiger partial charge in [0.25, 0.3) is 0 Å². The van der Waals surface area contributed by atoms with Crippen LogP contribution in [0.2, 0.25) is 0 Å². The molecule has 1 aromatic carbocycles. The molecule has 0 heterocycles. The number of alkyl halides is 3. The summed E-state index contributed by atoms with van der Waals surface area (Å²) in [4.78, 5) is 9.95. The summed E-state index contributed by atoms with van der Waals surface area (Å²) in [6.07, 6.45) is -4.29. The molecule has 0 aliphatic carbocycles. The van der Waals surface area contributed by atoms with Gasteiger partial charge in [0, 0.05) is 6.07 Å². The minimum absolute atomic E-state index is 0.182. The van der Waals surface area contributed by atoms with Gasteiger partial charge in [-0.1, -0.05) is 12.1 Å². The fourth-order valence-electron chi connectivity index (χ4n) is 0.851. The Morgan fingerprint density at radius 3 is 2.69 bits per heavy atom. The lowest BCUT2D eigenvalue weighted by atomic mass is 10.2. The highest BCUT2D eigenvalue weighted by molar-refractivity contribution is 5.73. The van der Waals surface area contributed by atoms with Crippen LogP contribution in [0.5, 0.6) is 0 Å². The first-order valence-electron chi connectivity index (χ1n) is 3.34. The quantitative estimate of drug-likeness (QED) is 0.707. The van der Waals surface area contributed by atoms with Crippen LogP contribution in [-0.4, -0.2) is 6.41 Å². The van der Waals surface area contributed by atoms with Crippen molar-refractivity contribution in [3.05, 3.63) is 29.8 Å². The summed E-state index contributed by atoms with van der Waals surface area (Å²) in [6, 6.07) is 5.66. The van der Waals surface area contributed by atoms with Crippen molar-refractivity contribution in [1.29, 1.82) is 0 Å². The molecule has 0 aliphatic heterocycles. The zero-order valence-electron chi connectivity index (χ0n) is 6.35. The molecule has 2 nitrogen and oxygen atoms in total. The third kappa shape index (κ3) is 2.21. The Hall–Kier alpha value is -1.52. The Kier molecular flexibility index (Phi) is 2.55. The van der Waals surface area contributed by atoms with Crippen molar-refractivity contribution < 1.29 is 18.0 Å². The summed E-state index contributed by atoms with van der Waals surface area (Å²) in [6.45, 7) is 0. The number of hydrogen-bond acceptors (Lipinski definition) is 1. The molecule has 5 heteroatoms. The molecule has 0 fully saturated rings. The molecule has 1 rings (SSSR count). The van der Waals surface area contributed by atoms with Crippen LogP contribution in [-0.2, 0) is 11.0 Å². The zero-order valence-corrected chi connectivity index (χ0v) is 6.35. The number of carbonyl (C=O) groups is 1. The van der Waals surface area contributed by atoms with Gasteiger partial charge in [-0.2, -0.15) is 13.2 Å². The van der Waals surface area contributed by atoms with Gasteiger partial charge in [0.05, 0.1) is 11.3 Å². The van der Waals surface area contributed by atoms with Gasteiger partial charge in [-0.25, -0.2) is 0 Å². The van der Waals surface area contributed by atoms with Crippen molar-refractivity contribution in [2.24, 2.45) is 0 Å². The van der Waals surface area contributed by atoms with E-state index in [1.165, 1.54) is 12.1 Å². The highest BCUT2D eigenvalue weighted by Crippen LogP contribution is 2.33. The van der Waals surface area contributed by atoms with E-state index >= 15 is 0 Å². The number of benzene rings is 1. The third-order valence-corrected chi connectivity index (χ3v) is 1.36. The van der Waals surface area contributed by atoms with Gasteiger partial charge in [0.2, 0.25) is 6.41 Å². The molecule has 0 saturated carbocycles. The molecule has 69 valence electrons. The molecular formula is C8H5F3NO. The molecule has 0 spiro atoms. The predicted octanol–water partition coefficient (Wildman–Crippen LogP) is 2.07. The zero-order chi connectivity index (χ0) is 9.90. The molecule has 0 unspecified atom stereocenters. The van der Waals surface area contributed by atoms with Crippen molar-refractivity contribution in [3.8, 4) is 0 Å². The first-order chi connectivity index (χ1) is 6.05. The Morgan fingerprint density at radius 1 is 1.46 bits per heavy atom. The topological polar surface area (TPSA) is 29.1 Å². The van der Waals surface area contributed by atoms with Crippen LogP contribution in [0.4, 0.5) is 18.9 Å². The van der Waals surface area contributed by atoms with Gasteiger partial charge in [0.1, 0.15) is 0 Å². The van der Waals surface area contributed by atoms with Crippen LogP contribution >= 0.6 is 0 Å². The summed E-state index contributed by atoms with van der Waals surface area (Å²) in [5, 5.41) is 1.93. The monoisotopic (exact) mass is 188 g/mol. The van der Waals surface area contributed by atoms with Gasteiger partial charge in [0.15, 0.2) is 0 Å². The molecule has 1 radical (unpaired) electrons. The number of rotatable bonds is 2. The third-order valence-electron chi connectivity index (χ3n) is 1.36. The summed E-state index contributed by atoms with van der Waals surface area (Å²) in [5.41, 5.74) is -1.26. The Morgan fingerprint density at radius 2 is 2.15 bits per heavy atom. The molecular weight excluding hydrogens is 183 g/mol. The first-order valence-corrected chi connectivity index (χ1v) is 3.34. The van der Waals surface area contributed by atoms with Crippen LogP contribution < -0.4 is 5.32 Å². The van der Waals surface area contributed by atoms with E-state index < -0.39 is 11.7 Å². The van der Waals surface area contributed by atoms with Crippen LogP contribution in [0, 0.1) is 6.07 Å². The number of nitrogens with one attached hydrogen (secondary N) is 1. The number of para-hydroxylation sites is 1. The van der Waals surface area contributed by atoms with Crippen molar-refractivity contribution in [3.63, 3.8) is 0 Å². The number of anilines is 1. The fraction of sp³-hybridized carbons (Fsp3) is 0.125. The van der Waals surface area contributed by atoms with Crippen molar-refractivity contribution in [2.75, 3.05) is 5.32 Å². The Bertz CT molecular complexity index is 309. The maximum absolute atomic E-state index is 12.2. The number of halogens is 3. The molecule has 1 amide bonds. The molecule has 0 saturated heterocycles. The van der Waals surface area contributed by atoms with Crippen LogP contribution in [0.15, 0.2) is 18.2 Å². The molecule has 13 heavy (non-hydrogen) atoms. The number of hydrogen-bond donors (Lipinski definition) is 1. The average Bonchev–Trinajstić information content (AvgIpc) is 2.04. The molecule has 0 bridgehead atoms. The average molecular weight is 188 g/mol. The highest BCUT2D eigenvalue weighted by Gasteiger charge is 2.33. The van der Waals surface area contributed by atoms with Crippen LogP contribution in [0.1, 0.15) is 5.56 Å². The second-order valence-electron chi connectivity index (χ2n) is 2.22. The minimum atomic E-state index is -4.47. The SMILES string of the molecule is O=CNc1[c]cccc1C(F)(F)F. The molecule has 0 aliphatic rings.